The summed E-state index contributed by atoms with van der Waals surface area (Å²) in [6.45, 7) is 4.89. The summed E-state index contributed by atoms with van der Waals surface area (Å²) in [7, 11) is 0. The molecule has 2 rings (SSSR count). The fourth-order valence-electron chi connectivity index (χ4n) is 2.59. The van der Waals surface area contributed by atoms with Crippen molar-refractivity contribution in [1.29, 1.82) is 0 Å². The Bertz CT molecular complexity index is 405. The van der Waals surface area contributed by atoms with Crippen LogP contribution in [0.1, 0.15) is 37.8 Å². The second-order valence-corrected chi connectivity index (χ2v) is 5.90. The van der Waals surface area contributed by atoms with Crippen LogP contribution in [0.3, 0.4) is 0 Å². The van der Waals surface area contributed by atoms with Crippen molar-refractivity contribution < 1.29 is 4.74 Å². The van der Waals surface area contributed by atoms with Crippen LogP contribution >= 0.6 is 23.2 Å². The van der Waals surface area contributed by atoms with Crippen molar-refractivity contribution in [3.63, 3.8) is 0 Å². The molecule has 0 bridgehead atoms. The lowest BCUT2D eigenvalue weighted by atomic mass is 9.88. The first-order chi connectivity index (χ1) is 9.22. The maximum atomic E-state index is 6.14. The number of ether oxygens (including phenoxy) is 1. The molecule has 0 saturated carbocycles. The van der Waals surface area contributed by atoms with Crippen LogP contribution in [0.2, 0.25) is 10.0 Å². The zero-order chi connectivity index (χ0) is 13.7. The molecular formula is C15H21Cl2NO. The SMILES string of the molecule is CCCNC(c1ccc(Cl)c(Cl)c1)C1CCCOC1. The van der Waals surface area contributed by atoms with Gasteiger partial charge in [0.1, 0.15) is 0 Å². The molecule has 2 unspecified atom stereocenters. The van der Waals surface area contributed by atoms with E-state index >= 15 is 0 Å². The summed E-state index contributed by atoms with van der Waals surface area (Å²) in [5.41, 5.74) is 1.21. The monoisotopic (exact) mass is 301 g/mol. The quantitative estimate of drug-likeness (QED) is 0.867. The van der Waals surface area contributed by atoms with Crippen molar-refractivity contribution >= 4 is 23.2 Å². The van der Waals surface area contributed by atoms with Gasteiger partial charge in [0.05, 0.1) is 16.7 Å². The minimum Gasteiger partial charge on any atom is -0.381 e. The summed E-state index contributed by atoms with van der Waals surface area (Å²) in [6.07, 6.45) is 3.45. The average molecular weight is 302 g/mol. The first kappa shape index (κ1) is 15.1. The van der Waals surface area contributed by atoms with Crippen molar-refractivity contribution in [2.75, 3.05) is 19.8 Å². The molecule has 2 nitrogen and oxygen atoms in total. The smallest absolute Gasteiger partial charge is 0.0595 e. The van der Waals surface area contributed by atoms with Crippen LogP contribution < -0.4 is 5.32 Å². The Morgan fingerprint density at radius 3 is 2.84 bits per heavy atom. The number of nitrogens with one attached hydrogen (secondary N) is 1. The van der Waals surface area contributed by atoms with Gasteiger partial charge in [-0.1, -0.05) is 36.2 Å². The summed E-state index contributed by atoms with van der Waals surface area (Å²) in [5, 5.41) is 4.86. The number of hydrogen-bond donors (Lipinski definition) is 1. The lowest BCUT2D eigenvalue weighted by Gasteiger charge is -2.31. The molecule has 19 heavy (non-hydrogen) atoms. The summed E-state index contributed by atoms with van der Waals surface area (Å²) in [6, 6.07) is 6.22. The van der Waals surface area contributed by atoms with Gasteiger partial charge in [-0.05, 0) is 43.5 Å². The van der Waals surface area contributed by atoms with Crippen LogP contribution in [0.4, 0.5) is 0 Å². The van der Waals surface area contributed by atoms with Gasteiger partial charge in [-0.2, -0.15) is 0 Å². The Hall–Kier alpha value is -0.280. The number of benzene rings is 1. The first-order valence-corrected chi connectivity index (χ1v) is 7.74. The van der Waals surface area contributed by atoms with Crippen LogP contribution in [0, 0.1) is 5.92 Å². The van der Waals surface area contributed by atoms with E-state index in [1.807, 2.05) is 12.1 Å². The van der Waals surface area contributed by atoms with Crippen molar-refractivity contribution in [3.05, 3.63) is 33.8 Å². The topological polar surface area (TPSA) is 21.3 Å². The van der Waals surface area contributed by atoms with Crippen LogP contribution in [-0.2, 0) is 4.74 Å². The standard InChI is InChI=1S/C15H21Cl2NO/c1-2-7-18-15(12-4-3-8-19-10-12)11-5-6-13(16)14(17)9-11/h5-6,9,12,15,18H,2-4,7-8,10H2,1H3. The molecule has 1 N–H and O–H groups in total. The predicted octanol–water partition coefficient (Wildman–Crippen LogP) is 4.46. The van der Waals surface area contributed by atoms with Crippen molar-refractivity contribution in [2.45, 2.75) is 32.2 Å². The van der Waals surface area contributed by atoms with Gasteiger partial charge in [-0.3, -0.25) is 0 Å². The van der Waals surface area contributed by atoms with Gasteiger partial charge in [0.25, 0.3) is 0 Å². The van der Waals surface area contributed by atoms with Crippen molar-refractivity contribution in [1.82, 2.24) is 5.32 Å². The number of hydrogen-bond acceptors (Lipinski definition) is 2. The predicted molar refractivity (Wildman–Crippen MR) is 81.0 cm³/mol. The molecule has 0 radical (unpaired) electrons. The highest BCUT2D eigenvalue weighted by Crippen LogP contribution is 2.32. The minimum atomic E-state index is 0.301. The van der Waals surface area contributed by atoms with Crippen LogP contribution in [0.25, 0.3) is 0 Å². The molecule has 106 valence electrons. The molecule has 1 aliphatic heterocycles. The highest BCUT2D eigenvalue weighted by molar-refractivity contribution is 6.42. The second-order valence-electron chi connectivity index (χ2n) is 5.08. The third-order valence-electron chi connectivity index (χ3n) is 3.58. The number of rotatable bonds is 5. The Morgan fingerprint density at radius 2 is 2.21 bits per heavy atom. The van der Waals surface area contributed by atoms with Gasteiger partial charge in [0.15, 0.2) is 0 Å². The van der Waals surface area contributed by atoms with Crippen LogP contribution in [0.15, 0.2) is 18.2 Å². The number of halogens is 2. The normalized spacial score (nSPS) is 21.3. The Kier molecular flexibility index (Phi) is 5.96. The van der Waals surface area contributed by atoms with Gasteiger partial charge < -0.3 is 10.1 Å². The molecule has 0 aromatic heterocycles. The van der Waals surface area contributed by atoms with Crippen LogP contribution in [0.5, 0.6) is 0 Å². The van der Waals surface area contributed by atoms with E-state index in [9.17, 15) is 0 Å². The molecular weight excluding hydrogens is 281 g/mol. The van der Waals surface area contributed by atoms with Crippen LogP contribution in [-0.4, -0.2) is 19.8 Å². The lowest BCUT2D eigenvalue weighted by Crippen LogP contribution is -2.33. The van der Waals surface area contributed by atoms with Crippen molar-refractivity contribution in [3.8, 4) is 0 Å². The zero-order valence-electron chi connectivity index (χ0n) is 11.3. The average Bonchev–Trinajstić information content (AvgIpc) is 2.44. The van der Waals surface area contributed by atoms with E-state index in [0.29, 0.717) is 22.0 Å². The van der Waals surface area contributed by atoms with Gasteiger partial charge >= 0.3 is 0 Å². The van der Waals surface area contributed by atoms with E-state index in [1.54, 1.807) is 0 Å². The van der Waals surface area contributed by atoms with Crippen molar-refractivity contribution in [2.24, 2.45) is 5.92 Å². The molecule has 0 aliphatic carbocycles. The van der Waals surface area contributed by atoms with E-state index in [-0.39, 0.29) is 0 Å². The Morgan fingerprint density at radius 1 is 1.37 bits per heavy atom. The maximum absolute atomic E-state index is 6.14. The summed E-state index contributed by atoms with van der Waals surface area (Å²) in [4.78, 5) is 0. The maximum Gasteiger partial charge on any atom is 0.0595 e. The van der Waals surface area contributed by atoms with Gasteiger partial charge in [-0.15, -0.1) is 0 Å². The second kappa shape index (κ2) is 7.49. The van der Waals surface area contributed by atoms with Gasteiger partial charge in [-0.25, -0.2) is 0 Å². The Labute approximate surface area is 125 Å². The molecule has 1 fully saturated rings. The highest BCUT2D eigenvalue weighted by Gasteiger charge is 2.25. The van der Waals surface area contributed by atoms with Gasteiger partial charge in [0, 0.05) is 18.6 Å². The lowest BCUT2D eigenvalue weighted by molar-refractivity contribution is 0.0390. The minimum absolute atomic E-state index is 0.301. The molecule has 0 amide bonds. The molecule has 1 heterocycles. The highest BCUT2D eigenvalue weighted by atomic mass is 35.5. The molecule has 1 aromatic rings. The fraction of sp³-hybridized carbons (Fsp3) is 0.600. The van der Waals surface area contributed by atoms with E-state index in [1.165, 1.54) is 12.0 Å². The van der Waals surface area contributed by atoms with E-state index in [4.69, 9.17) is 27.9 Å². The molecule has 2 atom stereocenters. The van der Waals surface area contributed by atoms with E-state index < -0.39 is 0 Å². The van der Waals surface area contributed by atoms with E-state index in [2.05, 4.69) is 18.3 Å². The fourth-order valence-corrected chi connectivity index (χ4v) is 2.90. The third-order valence-corrected chi connectivity index (χ3v) is 4.32. The Balaban J connectivity index is 2.17. The molecule has 1 saturated heterocycles. The first-order valence-electron chi connectivity index (χ1n) is 6.98. The molecule has 4 heteroatoms. The molecule has 1 aliphatic rings. The third kappa shape index (κ3) is 4.09. The zero-order valence-corrected chi connectivity index (χ0v) is 12.8. The summed E-state index contributed by atoms with van der Waals surface area (Å²) in [5.74, 6) is 0.512. The van der Waals surface area contributed by atoms with E-state index in [0.717, 1.165) is 32.6 Å². The molecule has 1 aromatic carbocycles. The van der Waals surface area contributed by atoms with Gasteiger partial charge in [0.2, 0.25) is 0 Å². The summed E-state index contributed by atoms with van der Waals surface area (Å²) < 4.78 is 5.62. The largest absolute Gasteiger partial charge is 0.381 e. The molecule has 0 spiro atoms. The summed E-state index contributed by atoms with van der Waals surface area (Å²) >= 11 is 12.1.